The Morgan fingerprint density at radius 3 is 2.45 bits per heavy atom. The van der Waals surface area contributed by atoms with Crippen LogP contribution >= 0.6 is 0 Å². The molecule has 0 bridgehead atoms. The Bertz CT molecular complexity index is 835. The van der Waals surface area contributed by atoms with Gasteiger partial charge in [0.05, 0.1) is 11.9 Å². The number of rotatable bonds is 3. The molecular formula is C20H16N2. The van der Waals surface area contributed by atoms with Crippen molar-refractivity contribution < 1.29 is 0 Å². The van der Waals surface area contributed by atoms with Gasteiger partial charge >= 0.3 is 0 Å². The minimum absolute atomic E-state index is 0.993. The van der Waals surface area contributed by atoms with Crippen LogP contribution in [0, 0.1) is 0 Å². The molecule has 3 aromatic rings. The largest absolute Gasteiger partial charge is 0.279 e. The second-order valence-electron chi connectivity index (χ2n) is 5.49. The molecular weight excluding hydrogens is 268 g/mol. The lowest BCUT2D eigenvalue weighted by molar-refractivity contribution is 1.26. The molecule has 1 N–H and O–H groups in total. The van der Waals surface area contributed by atoms with E-state index in [4.69, 9.17) is 0 Å². The number of hydrogen-bond acceptors (Lipinski definition) is 2. The van der Waals surface area contributed by atoms with E-state index in [0.717, 1.165) is 17.7 Å². The van der Waals surface area contributed by atoms with Crippen LogP contribution in [-0.4, -0.2) is 6.21 Å². The second-order valence-corrected chi connectivity index (χ2v) is 5.49. The number of para-hydroxylation sites is 1. The minimum Gasteiger partial charge on any atom is -0.279 e. The number of hydrogen-bond donors (Lipinski definition) is 1. The maximum Gasteiger partial charge on any atom is 0.0561 e. The van der Waals surface area contributed by atoms with Gasteiger partial charge in [-0.2, -0.15) is 5.10 Å². The smallest absolute Gasteiger partial charge is 0.0561 e. The molecule has 0 saturated heterocycles. The number of nitrogens with zero attached hydrogens (tertiary/aromatic N) is 1. The zero-order valence-electron chi connectivity index (χ0n) is 12.2. The van der Waals surface area contributed by atoms with Crippen LogP contribution in [0.2, 0.25) is 0 Å². The Morgan fingerprint density at radius 2 is 1.55 bits per heavy atom. The van der Waals surface area contributed by atoms with Gasteiger partial charge in [0.2, 0.25) is 0 Å². The van der Waals surface area contributed by atoms with Crippen LogP contribution in [-0.2, 0) is 6.42 Å². The maximum absolute atomic E-state index is 4.31. The highest BCUT2D eigenvalue weighted by molar-refractivity contribution is 5.85. The summed E-state index contributed by atoms with van der Waals surface area (Å²) in [4.78, 5) is 0. The first-order valence-electron chi connectivity index (χ1n) is 7.45. The summed E-state index contributed by atoms with van der Waals surface area (Å²) in [7, 11) is 0. The molecule has 1 aliphatic carbocycles. The summed E-state index contributed by atoms with van der Waals surface area (Å²) < 4.78 is 0. The van der Waals surface area contributed by atoms with Gasteiger partial charge in [-0.25, -0.2) is 0 Å². The lowest BCUT2D eigenvalue weighted by Crippen LogP contribution is -1.91. The molecule has 3 aromatic carbocycles. The van der Waals surface area contributed by atoms with Crippen LogP contribution in [0.15, 0.2) is 77.9 Å². The molecule has 0 amide bonds. The highest BCUT2D eigenvalue weighted by atomic mass is 15.3. The highest BCUT2D eigenvalue weighted by Gasteiger charge is 2.17. The van der Waals surface area contributed by atoms with Crippen molar-refractivity contribution >= 4 is 11.9 Å². The molecule has 4 rings (SSSR count). The number of anilines is 1. The summed E-state index contributed by atoms with van der Waals surface area (Å²) in [6, 6.07) is 25.1. The van der Waals surface area contributed by atoms with Crippen LogP contribution in [0.3, 0.4) is 0 Å². The van der Waals surface area contributed by atoms with Gasteiger partial charge in [-0.15, -0.1) is 0 Å². The standard InChI is InChI=1S/C20H16N2/c1-2-7-18(8-3-1)22-21-14-15-10-11-20-17(12-15)13-16-6-4-5-9-19(16)20/h1-12,14,22H,13H2/b21-14+. The summed E-state index contributed by atoms with van der Waals surface area (Å²) in [5.41, 5.74) is 10.7. The molecule has 2 nitrogen and oxygen atoms in total. The lowest BCUT2D eigenvalue weighted by atomic mass is 10.0. The van der Waals surface area contributed by atoms with Gasteiger partial charge in [-0.3, -0.25) is 5.43 Å². The third-order valence-electron chi connectivity index (χ3n) is 4.00. The second kappa shape index (κ2) is 5.49. The number of nitrogens with one attached hydrogen (secondary N) is 1. The molecule has 0 fully saturated rings. The van der Waals surface area contributed by atoms with E-state index in [0.29, 0.717) is 0 Å². The molecule has 0 aromatic heterocycles. The van der Waals surface area contributed by atoms with Gasteiger partial charge in [0.25, 0.3) is 0 Å². The molecule has 0 atom stereocenters. The predicted molar refractivity (Wildman–Crippen MR) is 92.3 cm³/mol. The fourth-order valence-electron chi connectivity index (χ4n) is 2.94. The van der Waals surface area contributed by atoms with Crippen molar-refractivity contribution in [3.05, 3.63) is 89.5 Å². The molecule has 0 saturated carbocycles. The molecule has 0 unspecified atom stereocenters. The normalized spacial score (nSPS) is 12.2. The van der Waals surface area contributed by atoms with E-state index in [1.165, 1.54) is 22.3 Å². The summed E-state index contributed by atoms with van der Waals surface area (Å²) in [5, 5.41) is 4.31. The lowest BCUT2D eigenvalue weighted by Gasteiger charge is -2.02. The van der Waals surface area contributed by atoms with Crippen molar-refractivity contribution in [2.75, 3.05) is 5.43 Å². The van der Waals surface area contributed by atoms with Crippen molar-refractivity contribution in [1.82, 2.24) is 0 Å². The first-order chi connectivity index (χ1) is 10.9. The van der Waals surface area contributed by atoms with Gasteiger partial charge in [-0.05, 0) is 52.4 Å². The topological polar surface area (TPSA) is 24.4 Å². The van der Waals surface area contributed by atoms with E-state index in [2.05, 4.69) is 53.0 Å². The average molecular weight is 284 g/mol. The maximum atomic E-state index is 4.31. The number of benzene rings is 3. The summed E-state index contributed by atoms with van der Waals surface area (Å²) >= 11 is 0. The molecule has 0 heterocycles. The van der Waals surface area contributed by atoms with E-state index >= 15 is 0 Å². The molecule has 0 spiro atoms. The Morgan fingerprint density at radius 1 is 0.773 bits per heavy atom. The summed E-state index contributed by atoms with van der Waals surface area (Å²) in [6.45, 7) is 0. The van der Waals surface area contributed by atoms with Gasteiger partial charge in [0.1, 0.15) is 0 Å². The zero-order valence-corrected chi connectivity index (χ0v) is 12.2. The van der Waals surface area contributed by atoms with Gasteiger partial charge in [-0.1, -0.05) is 54.6 Å². The first kappa shape index (κ1) is 12.8. The number of fused-ring (bicyclic) bond motifs is 3. The molecule has 2 heteroatoms. The summed E-state index contributed by atoms with van der Waals surface area (Å²) in [5.74, 6) is 0. The van der Waals surface area contributed by atoms with Gasteiger partial charge in [0.15, 0.2) is 0 Å². The van der Waals surface area contributed by atoms with Crippen molar-refractivity contribution in [2.24, 2.45) is 5.10 Å². The van der Waals surface area contributed by atoms with Crippen molar-refractivity contribution in [3.8, 4) is 11.1 Å². The molecule has 0 radical (unpaired) electrons. The predicted octanol–water partition coefficient (Wildman–Crippen LogP) is 4.70. The minimum atomic E-state index is 0.993. The Labute approximate surface area is 130 Å². The number of hydrazone groups is 1. The Kier molecular flexibility index (Phi) is 3.20. The third kappa shape index (κ3) is 2.40. The SMILES string of the molecule is C(=N\Nc1ccccc1)/c1ccc2c(c1)Cc1ccccc1-2. The van der Waals surface area contributed by atoms with Crippen LogP contribution < -0.4 is 5.43 Å². The van der Waals surface area contributed by atoms with Gasteiger partial charge < -0.3 is 0 Å². The third-order valence-corrected chi connectivity index (χ3v) is 4.00. The molecule has 106 valence electrons. The van der Waals surface area contributed by atoms with Crippen molar-refractivity contribution in [2.45, 2.75) is 6.42 Å². The van der Waals surface area contributed by atoms with Crippen molar-refractivity contribution in [3.63, 3.8) is 0 Å². The van der Waals surface area contributed by atoms with E-state index in [-0.39, 0.29) is 0 Å². The first-order valence-corrected chi connectivity index (χ1v) is 7.45. The van der Waals surface area contributed by atoms with E-state index in [1.807, 2.05) is 36.5 Å². The van der Waals surface area contributed by atoms with Crippen LogP contribution in [0.5, 0.6) is 0 Å². The molecule has 0 aliphatic heterocycles. The summed E-state index contributed by atoms with van der Waals surface area (Å²) in [6.07, 6.45) is 2.88. The monoisotopic (exact) mass is 284 g/mol. The van der Waals surface area contributed by atoms with Crippen LogP contribution in [0.4, 0.5) is 5.69 Å². The van der Waals surface area contributed by atoms with Crippen molar-refractivity contribution in [1.29, 1.82) is 0 Å². The fraction of sp³-hybridized carbons (Fsp3) is 0.0500. The molecule has 1 aliphatic rings. The van der Waals surface area contributed by atoms with Crippen LogP contribution in [0.25, 0.3) is 11.1 Å². The molecule has 22 heavy (non-hydrogen) atoms. The van der Waals surface area contributed by atoms with E-state index in [1.54, 1.807) is 0 Å². The Hall–Kier alpha value is -2.87. The van der Waals surface area contributed by atoms with E-state index < -0.39 is 0 Å². The zero-order chi connectivity index (χ0) is 14.8. The average Bonchev–Trinajstić information content (AvgIpc) is 2.93. The fourth-order valence-corrected chi connectivity index (χ4v) is 2.94. The van der Waals surface area contributed by atoms with Crippen LogP contribution in [0.1, 0.15) is 16.7 Å². The highest BCUT2D eigenvalue weighted by Crippen LogP contribution is 2.36. The van der Waals surface area contributed by atoms with E-state index in [9.17, 15) is 0 Å². The van der Waals surface area contributed by atoms with Gasteiger partial charge in [0, 0.05) is 0 Å². The Balaban J connectivity index is 1.55. The quantitative estimate of drug-likeness (QED) is 0.428.